The summed E-state index contributed by atoms with van der Waals surface area (Å²) in [7, 11) is 0. The number of amides is 7. The average Bonchev–Trinajstić information content (AvgIpc) is 3.36. The molecule has 0 aliphatic carbocycles. The highest BCUT2D eigenvalue weighted by molar-refractivity contribution is 5.97. The molecule has 0 unspecified atom stereocenters. The number of hydrogen-bond acceptors (Lipinski definition) is 12. The smallest absolute Gasteiger partial charge is 0.326 e. The molecule has 0 bridgehead atoms. The molecule has 28 nitrogen and oxygen atoms in total. The molecule has 24 N–H and O–H groups in total. The van der Waals surface area contributed by atoms with Crippen LogP contribution in [0, 0.1) is 0 Å². The zero-order valence-corrected chi connectivity index (χ0v) is 45.3. The Labute approximate surface area is 452 Å². The lowest BCUT2D eigenvalue weighted by Gasteiger charge is -2.28. The first-order valence-corrected chi connectivity index (χ1v) is 27.3. The maximum Gasteiger partial charge on any atom is 0.326 e. The van der Waals surface area contributed by atoms with Gasteiger partial charge < -0.3 is 88.2 Å². The Balaban J connectivity index is 3.57. The molecule has 1 saturated heterocycles. The molecule has 6 atom stereocenters. The van der Waals surface area contributed by atoms with Crippen molar-refractivity contribution >= 4 is 71.2 Å². The Hall–Kier alpha value is -7.16. The van der Waals surface area contributed by atoms with E-state index in [9.17, 15) is 43.5 Å². The molecule has 7 amide bonds. The normalized spacial score (nSPS) is 19.9. The Kier molecular flexibility index (Phi) is 36.2. The number of aliphatic imine (C=N–C) groups is 4. The van der Waals surface area contributed by atoms with Crippen LogP contribution in [0.5, 0.6) is 0 Å². The van der Waals surface area contributed by atoms with Gasteiger partial charge in [-0.2, -0.15) is 0 Å². The highest BCUT2D eigenvalue weighted by atomic mass is 16.4. The Bertz CT molecular complexity index is 1940. The van der Waals surface area contributed by atoms with Gasteiger partial charge in [0, 0.05) is 45.6 Å². The van der Waals surface area contributed by atoms with Crippen LogP contribution in [0.15, 0.2) is 20.0 Å². The van der Waals surface area contributed by atoms with Gasteiger partial charge in [0.1, 0.15) is 36.3 Å². The fourth-order valence-electron chi connectivity index (χ4n) is 8.26. The third kappa shape index (κ3) is 34.2. The lowest BCUT2D eigenvalue weighted by atomic mass is 10.0. The summed E-state index contributed by atoms with van der Waals surface area (Å²) in [5.74, 6) is -7.47. The van der Waals surface area contributed by atoms with Crippen molar-refractivity contribution in [3.8, 4) is 0 Å². The molecule has 438 valence electrons. The van der Waals surface area contributed by atoms with E-state index in [1.807, 2.05) is 0 Å². The van der Waals surface area contributed by atoms with E-state index in [1.165, 1.54) is 44.9 Å². The molecule has 1 heterocycles. The van der Waals surface area contributed by atoms with Crippen LogP contribution in [0.4, 0.5) is 0 Å². The van der Waals surface area contributed by atoms with Crippen molar-refractivity contribution in [2.75, 3.05) is 32.7 Å². The zero-order chi connectivity index (χ0) is 57.4. The van der Waals surface area contributed by atoms with E-state index in [-0.39, 0.29) is 114 Å². The van der Waals surface area contributed by atoms with Gasteiger partial charge in [-0.15, -0.1) is 0 Å². The van der Waals surface area contributed by atoms with Gasteiger partial charge in [-0.3, -0.25) is 53.5 Å². The summed E-state index contributed by atoms with van der Waals surface area (Å²) in [5.41, 5.74) is 44.1. The number of nitrogens with zero attached hydrogens (tertiary/aromatic N) is 4. The van der Waals surface area contributed by atoms with E-state index in [0.29, 0.717) is 25.8 Å². The second-order valence-electron chi connectivity index (χ2n) is 19.2. The Morgan fingerprint density at radius 3 is 1.13 bits per heavy atom. The molecule has 1 rings (SSSR count). The summed E-state index contributed by atoms with van der Waals surface area (Å²) >= 11 is 0. The summed E-state index contributed by atoms with van der Waals surface area (Å²) < 4.78 is 0. The first-order valence-electron chi connectivity index (χ1n) is 27.3. The molecule has 0 aromatic carbocycles. The van der Waals surface area contributed by atoms with Gasteiger partial charge >= 0.3 is 5.97 Å². The summed E-state index contributed by atoms with van der Waals surface area (Å²) in [6.45, 7) is 2.68. The average molecular weight is 1090 g/mol. The Morgan fingerprint density at radius 1 is 0.455 bits per heavy atom. The fourth-order valence-corrected chi connectivity index (χ4v) is 8.26. The van der Waals surface area contributed by atoms with E-state index in [1.54, 1.807) is 0 Å². The van der Waals surface area contributed by atoms with Crippen LogP contribution in [0.25, 0.3) is 0 Å². The van der Waals surface area contributed by atoms with E-state index in [2.05, 4.69) is 64.1 Å². The van der Waals surface area contributed by atoms with Gasteiger partial charge in [-0.25, -0.2) is 4.79 Å². The van der Waals surface area contributed by atoms with Gasteiger partial charge in [0.2, 0.25) is 41.4 Å². The number of carboxylic acids is 1. The van der Waals surface area contributed by atoms with Crippen LogP contribution in [-0.4, -0.2) is 145 Å². The van der Waals surface area contributed by atoms with Gasteiger partial charge in [-0.05, 0) is 83.5 Å². The largest absolute Gasteiger partial charge is 0.480 e. The number of unbranched alkanes of at least 4 members (excludes halogenated alkanes) is 11. The number of aliphatic carboxylic acids is 1. The summed E-state index contributed by atoms with van der Waals surface area (Å²) in [4.78, 5) is 126. The third-order valence-corrected chi connectivity index (χ3v) is 12.5. The van der Waals surface area contributed by atoms with Crippen molar-refractivity contribution in [1.82, 2.24) is 37.2 Å². The minimum Gasteiger partial charge on any atom is -0.480 e. The van der Waals surface area contributed by atoms with Crippen molar-refractivity contribution in [3.05, 3.63) is 0 Å². The van der Waals surface area contributed by atoms with Crippen molar-refractivity contribution in [2.24, 2.45) is 65.8 Å². The van der Waals surface area contributed by atoms with Gasteiger partial charge in [0.15, 0.2) is 23.8 Å². The van der Waals surface area contributed by atoms with Gasteiger partial charge in [0.25, 0.3) is 0 Å². The van der Waals surface area contributed by atoms with Gasteiger partial charge in [-0.1, -0.05) is 71.1 Å². The predicted molar refractivity (Wildman–Crippen MR) is 296 cm³/mol. The molecule has 1 aliphatic rings. The van der Waals surface area contributed by atoms with E-state index >= 15 is 0 Å². The van der Waals surface area contributed by atoms with E-state index < -0.39 is 90.5 Å². The van der Waals surface area contributed by atoms with Crippen molar-refractivity contribution in [1.29, 1.82) is 0 Å². The van der Waals surface area contributed by atoms with Crippen molar-refractivity contribution in [2.45, 2.75) is 204 Å². The minimum atomic E-state index is -1.65. The number of nitrogens with one attached hydrogen (secondary N) is 7. The van der Waals surface area contributed by atoms with Crippen LogP contribution in [0.3, 0.4) is 0 Å². The van der Waals surface area contributed by atoms with E-state index in [0.717, 1.165) is 25.7 Å². The summed E-state index contributed by atoms with van der Waals surface area (Å²) in [5, 5.41) is 28.8. The highest BCUT2D eigenvalue weighted by Gasteiger charge is 2.34. The lowest BCUT2D eigenvalue weighted by Crippen LogP contribution is -2.59. The minimum absolute atomic E-state index is 0.0303. The molecule has 28 heteroatoms. The number of nitrogens with two attached hydrogens (primary N) is 8. The molecule has 0 aromatic heterocycles. The Morgan fingerprint density at radius 2 is 0.779 bits per heavy atom. The number of guanidine groups is 4. The monoisotopic (exact) mass is 1090 g/mol. The maximum atomic E-state index is 14.3. The molecule has 1 fully saturated rings. The molecular formula is C49H93N19O9. The van der Waals surface area contributed by atoms with Crippen molar-refractivity contribution in [3.63, 3.8) is 0 Å². The second-order valence-corrected chi connectivity index (χ2v) is 19.2. The number of rotatable bonds is 34. The number of carbonyl (C=O) groups excluding carboxylic acids is 7. The zero-order valence-electron chi connectivity index (χ0n) is 45.3. The standard InChI is InChI=1S/C49H93N19O9/c1-2-3-4-5-6-7-8-9-10-11-12-24-38(69)58-27-14-13-19-32-40(71)64-33(20-15-28-59-46(50)51)41(72)65-34(21-16-29-60-47(52)53)42(73)66-35(22-17-30-61-48(54)55)43(74)67-36(23-18-31-62-49(56)57)44(75)68-37(45(76)77)25-26-39(70)63-32/h32-37H,2-31H2,1H3,(H,58,69)(H,63,70)(H,64,71)(H,65,72)(H,66,73)(H,67,74)(H,68,75)(H,76,77)(H4,50,51,59)(H4,52,53,60)(H4,54,55,61)(H4,56,57,62)/t32-,33-,34-,35-,36-,37-/m0/s1. The molecule has 1 aliphatic heterocycles. The summed E-state index contributed by atoms with van der Waals surface area (Å²) in [6.07, 6.45) is 13.3. The quantitative estimate of drug-likeness (QED) is 0.0188. The maximum absolute atomic E-state index is 14.3. The number of carboxylic acid groups (broad SMARTS) is 1. The van der Waals surface area contributed by atoms with Gasteiger partial charge in [0.05, 0.1) is 0 Å². The van der Waals surface area contributed by atoms with E-state index in [4.69, 9.17) is 45.9 Å². The highest BCUT2D eigenvalue weighted by Crippen LogP contribution is 2.14. The third-order valence-electron chi connectivity index (χ3n) is 12.5. The SMILES string of the molecule is CCCCCCCCCCCCCC(=O)NCCCC[C@@H]1NC(=O)CC[C@@H](C(=O)O)NC(=O)[C@H](CCCN=C(N)N)NC(=O)[C@H](CCCN=C(N)N)NC(=O)[C@H](CCCN=C(N)N)NC(=O)[C@H](CCCN=C(N)N)NC1=O. The van der Waals surface area contributed by atoms with Crippen LogP contribution >= 0.6 is 0 Å². The second kappa shape index (κ2) is 41.1. The molecule has 0 radical (unpaired) electrons. The molecular weight excluding hydrogens is 999 g/mol. The van der Waals surface area contributed by atoms with Crippen LogP contribution < -0.4 is 83.1 Å². The first-order chi connectivity index (χ1) is 36.7. The topological polar surface area (TPSA) is 499 Å². The van der Waals surface area contributed by atoms with Crippen LogP contribution in [0.1, 0.15) is 167 Å². The number of hydrogen-bond donors (Lipinski definition) is 16. The molecule has 77 heavy (non-hydrogen) atoms. The number of carbonyl (C=O) groups is 8. The first kappa shape index (κ1) is 67.9. The van der Waals surface area contributed by atoms with Crippen LogP contribution in [-0.2, 0) is 38.4 Å². The summed E-state index contributed by atoms with van der Waals surface area (Å²) in [6, 6.07) is -8.42. The molecule has 0 aromatic rings. The molecule has 0 saturated carbocycles. The van der Waals surface area contributed by atoms with Crippen LogP contribution in [0.2, 0.25) is 0 Å². The molecule has 0 spiro atoms. The van der Waals surface area contributed by atoms with Crippen molar-refractivity contribution < 1.29 is 43.5 Å². The fraction of sp³-hybridized carbons (Fsp3) is 0.755. The lowest BCUT2D eigenvalue weighted by molar-refractivity contribution is -0.143. The predicted octanol–water partition coefficient (Wildman–Crippen LogP) is -2.02.